The molecule has 2 atom stereocenters. The van der Waals surface area contributed by atoms with Crippen molar-refractivity contribution < 1.29 is 17.9 Å². The molecule has 0 saturated heterocycles. The van der Waals surface area contributed by atoms with Crippen LogP contribution in [0.25, 0.3) is 0 Å². The molecule has 0 amide bonds. The second-order valence-corrected chi connectivity index (χ2v) is 8.85. The molecule has 0 radical (unpaired) electrons. The summed E-state index contributed by atoms with van der Waals surface area (Å²) in [4.78, 5) is 11.4. The Labute approximate surface area is 160 Å². The van der Waals surface area contributed by atoms with E-state index in [0.717, 1.165) is 28.6 Å². The smallest absolute Gasteiger partial charge is 0.304 e. The van der Waals surface area contributed by atoms with Gasteiger partial charge in [-0.3, -0.25) is 4.79 Å². The number of rotatable bonds is 5. The largest absolute Gasteiger partial charge is 0.440 e. The van der Waals surface area contributed by atoms with Crippen LogP contribution in [-0.2, 0) is 26.0 Å². The van der Waals surface area contributed by atoms with Gasteiger partial charge in [-0.2, -0.15) is 5.10 Å². The lowest BCUT2D eigenvalue weighted by Gasteiger charge is -2.25. The van der Waals surface area contributed by atoms with Crippen LogP contribution >= 0.6 is 15.9 Å². The fourth-order valence-corrected chi connectivity index (χ4v) is 4.69. The normalized spacial score (nSPS) is 18.2. The van der Waals surface area contributed by atoms with Crippen LogP contribution in [0.3, 0.4) is 0 Å². The Bertz CT molecular complexity index is 909. The van der Waals surface area contributed by atoms with E-state index in [0.29, 0.717) is 6.42 Å². The lowest BCUT2D eigenvalue weighted by Crippen LogP contribution is -2.31. The molecule has 1 aliphatic carbocycles. The van der Waals surface area contributed by atoms with Crippen LogP contribution in [0.2, 0.25) is 0 Å². The summed E-state index contributed by atoms with van der Waals surface area (Å²) in [5, 5.41) is 4.31. The van der Waals surface area contributed by atoms with Crippen molar-refractivity contribution in [3.05, 3.63) is 46.2 Å². The quantitative estimate of drug-likeness (QED) is 0.719. The summed E-state index contributed by atoms with van der Waals surface area (Å²) in [6.07, 6.45) is 3.40. The summed E-state index contributed by atoms with van der Waals surface area (Å²) in [7, 11) is -3.64. The van der Waals surface area contributed by atoms with Crippen LogP contribution in [0.4, 0.5) is 0 Å². The molecule has 140 valence electrons. The number of carbonyl (C=O) groups is 1. The number of sulfonamides is 1. The van der Waals surface area contributed by atoms with Crippen molar-refractivity contribution in [1.82, 2.24) is 14.5 Å². The van der Waals surface area contributed by atoms with E-state index >= 15 is 0 Å². The molecule has 2 aromatic rings. The first-order chi connectivity index (χ1) is 12.3. The highest BCUT2D eigenvalue weighted by molar-refractivity contribution is 9.10. The van der Waals surface area contributed by atoms with Gasteiger partial charge in [0.25, 0.3) is 0 Å². The first-order valence-electron chi connectivity index (χ1n) is 8.29. The Hall–Kier alpha value is -1.71. The molecule has 9 heteroatoms. The summed E-state index contributed by atoms with van der Waals surface area (Å²) >= 11 is 3.30. The second-order valence-electron chi connectivity index (χ2n) is 6.22. The molecular formula is C17H20BrN3O4S. The third-order valence-electron chi connectivity index (χ3n) is 4.32. The van der Waals surface area contributed by atoms with Gasteiger partial charge in [0.15, 0.2) is 6.23 Å². The summed E-state index contributed by atoms with van der Waals surface area (Å²) in [6.45, 7) is 3.09. The van der Waals surface area contributed by atoms with Crippen molar-refractivity contribution in [2.45, 2.75) is 50.3 Å². The van der Waals surface area contributed by atoms with Gasteiger partial charge in [-0.05, 0) is 50.5 Å². The number of halogens is 1. The maximum atomic E-state index is 12.7. The van der Waals surface area contributed by atoms with Crippen LogP contribution in [0.1, 0.15) is 50.2 Å². The van der Waals surface area contributed by atoms with Crippen molar-refractivity contribution in [1.29, 1.82) is 0 Å². The lowest BCUT2D eigenvalue weighted by molar-refractivity contribution is -0.150. The predicted molar refractivity (Wildman–Crippen MR) is 98.8 cm³/mol. The summed E-state index contributed by atoms with van der Waals surface area (Å²) in [5.74, 6) is -0.384. The highest BCUT2D eigenvalue weighted by Crippen LogP contribution is 2.32. The number of hydrogen-bond donors (Lipinski definition) is 1. The fraction of sp³-hybridized carbons (Fsp3) is 0.412. The van der Waals surface area contributed by atoms with Crippen LogP contribution in [0.15, 0.2) is 39.8 Å². The third-order valence-corrected chi connectivity index (χ3v) is 6.33. The van der Waals surface area contributed by atoms with E-state index < -0.39 is 16.3 Å². The van der Waals surface area contributed by atoms with Crippen molar-refractivity contribution in [3.8, 4) is 0 Å². The summed E-state index contributed by atoms with van der Waals surface area (Å²) in [6, 6.07) is 6.15. The van der Waals surface area contributed by atoms with E-state index in [1.807, 2.05) is 0 Å². The monoisotopic (exact) mass is 441 g/mol. The number of fused-ring (bicyclic) bond motifs is 1. The minimum atomic E-state index is -3.64. The van der Waals surface area contributed by atoms with Crippen molar-refractivity contribution in [3.63, 3.8) is 0 Å². The molecule has 3 rings (SSSR count). The highest BCUT2D eigenvalue weighted by Gasteiger charge is 2.30. The fourth-order valence-electron chi connectivity index (χ4n) is 3.17. The Kier molecular flexibility index (Phi) is 5.50. The summed E-state index contributed by atoms with van der Waals surface area (Å²) in [5.41, 5.74) is 1.73. The number of esters is 1. The topological polar surface area (TPSA) is 90.3 Å². The van der Waals surface area contributed by atoms with E-state index in [9.17, 15) is 13.2 Å². The molecular weight excluding hydrogens is 422 g/mol. The second kappa shape index (κ2) is 7.50. The molecule has 1 aliphatic rings. The number of carbonyl (C=O) groups excluding carboxylic acids is 1. The van der Waals surface area contributed by atoms with Gasteiger partial charge in [0.05, 0.1) is 17.1 Å². The molecule has 0 fully saturated rings. The van der Waals surface area contributed by atoms with Crippen molar-refractivity contribution >= 4 is 31.9 Å². The van der Waals surface area contributed by atoms with Gasteiger partial charge in [-0.25, -0.2) is 17.8 Å². The van der Waals surface area contributed by atoms with Gasteiger partial charge in [0.1, 0.15) is 0 Å². The van der Waals surface area contributed by atoms with Crippen LogP contribution in [-0.4, -0.2) is 24.2 Å². The molecule has 1 heterocycles. The minimum absolute atomic E-state index is 0.216. The van der Waals surface area contributed by atoms with E-state index in [1.54, 1.807) is 42.1 Å². The number of hydrogen-bond acceptors (Lipinski definition) is 5. The lowest BCUT2D eigenvalue weighted by atomic mass is 9.94. The van der Waals surface area contributed by atoms with Gasteiger partial charge < -0.3 is 4.74 Å². The SMILES string of the molecule is CC(=O)OC(C)n1ncc2c1CCCC2NS(=O)(=O)c1ccc(Br)cc1. The number of ether oxygens (including phenoxy) is 1. The maximum Gasteiger partial charge on any atom is 0.304 e. The van der Waals surface area contributed by atoms with Gasteiger partial charge in [0.2, 0.25) is 10.0 Å². The number of nitrogens with one attached hydrogen (secondary N) is 1. The van der Waals surface area contributed by atoms with Gasteiger partial charge in [-0.15, -0.1) is 0 Å². The minimum Gasteiger partial charge on any atom is -0.440 e. The molecule has 1 N–H and O–H groups in total. The molecule has 0 spiro atoms. The first-order valence-corrected chi connectivity index (χ1v) is 10.6. The van der Waals surface area contributed by atoms with E-state index in [2.05, 4.69) is 25.8 Å². The van der Waals surface area contributed by atoms with Crippen LogP contribution in [0, 0.1) is 0 Å². The van der Waals surface area contributed by atoms with Gasteiger partial charge >= 0.3 is 5.97 Å². The highest BCUT2D eigenvalue weighted by atomic mass is 79.9. The molecule has 1 aromatic heterocycles. The van der Waals surface area contributed by atoms with Crippen molar-refractivity contribution in [2.75, 3.05) is 0 Å². The molecule has 2 unspecified atom stereocenters. The Morgan fingerprint density at radius 1 is 1.38 bits per heavy atom. The van der Waals surface area contributed by atoms with Crippen LogP contribution < -0.4 is 4.72 Å². The maximum absolute atomic E-state index is 12.7. The molecule has 1 aromatic carbocycles. The Morgan fingerprint density at radius 2 is 2.08 bits per heavy atom. The predicted octanol–water partition coefficient (Wildman–Crippen LogP) is 3.08. The molecule has 7 nitrogen and oxygen atoms in total. The van der Waals surface area contributed by atoms with Gasteiger partial charge in [-0.1, -0.05) is 15.9 Å². The number of benzene rings is 1. The average molecular weight is 442 g/mol. The first kappa shape index (κ1) is 19.1. The Balaban J connectivity index is 1.85. The average Bonchev–Trinajstić information content (AvgIpc) is 2.99. The standard InChI is InChI=1S/C17H20BrN3O4S/c1-11(25-12(2)22)21-17-5-3-4-16(15(17)10-19-21)20-26(23,24)14-8-6-13(18)7-9-14/h6-11,16,20H,3-5H2,1-2H3. The van der Waals surface area contributed by atoms with Crippen molar-refractivity contribution in [2.24, 2.45) is 0 Å². The third kappa shape index (κ3) is 3.99. The molecule has 0 aliphatic heterocycles. The van der Waals surface area contributed by atoms with E-state index in [4.69, 9.17) is 4.74 Å². The molecule has 0 saturated carbocycles. The van der Waals surface area contributed by atoms with Crippen LogP contribution in [0.5, 0.6) is 0 Å². The zero-order chi connectivity index (χ0) is 18.9. The molecule has 0 bridgehead atoms. The number of aromatic nitrogens is 2. The zero-order valence-electron chi connectivity index (χ0n) is 14.5. The molecule has 26 heavy (non-hydrogen) atoms. The number of nitrogens with zero attached hydrogens (tertiary/aromatic N) is 2. The van der Waals surface area contributed by atoms with E-state index in [-0.39, 0.29) is 16.9 Å². The van der Waals surface area contributed by atoms with E-state index in [1.165, 1.54) is 6.92 Å². The summed E-state index contributed by atoms with van der Waals surface area (Å²) < 4.78 is 35.8. The van der Waals surface area contributed by atoms with Gasteiger partial charge in [0, 0.05) is 22.7 Å². The zero-order valence-corrected chi connectivity index (χ0v) is 16.9. The Morgan fingerprint density at radius 3 is 2.73 bits per heavy atom.